The lowest BCUT2D eigenvalue weighted by Crippen LogP contribution is -2.26. The highest BCUT2D eigenvalue weighted by molar-refractivity contribution is 6.33. The molecular weight excluding hydrogens is 279 g/mol. The van der Waals surface area contributed by atoms with E-state index in [9.17, 15) is 9.18 Å². The zero-order chi connectivity index (χ0) is 14.7. The first-order valence-corrected chi connectivity index (χ1v) is 6.40. The smallest absolute Gasteiger partial charge is 0.253 e. The molecule has 0 saturated carbocycles. The summed E-state index contributed by atoms with van der Waals surface area (Å²) in [5.41, 5.74) is 7.21. The average molecular weight is 293 g/mol. The van der Waals surface area contributed by atoms with Crippen molar-refractivity contribution in [1.29, 1.82) is 0 Å². The van der Waals surface area contributed by atoms with E-state index in [0.29, 0.717) is 22.8 Å². The number of hydrogen-bond acceptors (Lipinski definition) is 2. The van der Waals surface area contributed by atoms with Gasteiger partial charge in [-0.15, -0.1) is 0 Å². The normalized spacial score (nSPS) is 10.3. The average Bonchev–Trinajstić information content (AvgIpc) is 2.41. The van der Waals surface area contributed by atoms with E-state index in [0.717, 1.165) is 5.56 Å². The molecule has 0 aliphatic heterocycles. The minimum Gasteiger partial charge on any atom is -0.398 e. The number of nitrogen functional groups attached to an aromatic ring is 1. The van der Waals surface area contributed by atoms with Gasteiger partial charge in [0.1, 0.15) is 5.82 Å². The van der Waals surface area contributed by atoms with Crippen molar-refractivity contribution in [3.63, 3.8) is 0 Å². The van der Waals surface area contributed by atoms with Crippen molar-refractivity contribution < 1.29 is 9.18 Å². The lowest BCUT2D eigenvalue weighted by molar-refractivity contribution is 0.0785. The van der Waals surface area contributed by atoms with Crippen LogP contribution in [0, 0.1) is 5.82 Å². The molecule has 3 nitrogen and oxygen atoms in total. The van der Waals surface area contributed by atoms with Crippen LogP contribution in [-0.2, 0) is 6.54 Å². The number of hydrogen-bond donors (Lipinski definition) is 1. The molecule has 0 aromatic heterocycles. The Balaban J connectivity index is 2.14. The Bertz CT molecular complexity index is 646. The van der Waals surface area contributed by atoms with Gasteiger partial charge < -0.3 is 10.6 Å². The second-order valence-corrected chi connectivity index (χ2v) is 4.93. The summed E-state index contributed by atoms with van der Waals surface area (Å²) < 4.78 is 13.1. The fourth-order valence-electron chi connectivity index (χ4n) is 1.86. The molecule has 2 rings (SSSR count). The van der Waals surface area contributed by atoms with Gasteiger partial charge in [0.15, 0.2) is 0 Å². The number of nitrogens with zero attached hydrogens (tertiary/aromatic N) is 1. The topological polar surface area (TPSA) is 46.3 Å². The Morgan fingerprint density at radius 1 is 1.30 bits per heavy atom. The van der Waals surface area contributed by atoms with Crippen LogP contribution in [0.5, 0.6) is 0 Å². The van der Waals surface area contributed by atoms with Gasteiger partial charge in [0, 0.05) is 19.2 Å². The summed E-state index contributed by atoms with van der Waals surface area (Å²) in [7, 11) is 1.65. The SMILES string of the molecule is CN(Cc1cccc(F)c1)C(=O)c1ccc(N)c(Cl)c1. The Morgan fingerprint density at radius 3 is 2.70 bits per heavy atom. The van der Waals surface area contributed by atoms with E-state index in [4.69, 9.17) is 17.3 Å². The monoisotopic (exact) mass is 292 g/mol. The molecule has 20 heavy (non-hydrogen) atoms. The first-order chi connectivity index (χ1) is 9.47. The summed E-state index contributed by atoms with van der Waals surface area (Å²) >= 11 is 5.90. The van der Waals surface area contributed by atoms with E-state index in [1.807, 2.05) is 0 Å². The third-order valence-electron chi connectivity index (χ3n) is 2.90. The lowest BCUT2D eigenvalue weighted by atomic mass is 10.1. The molecule has 0 fully saturated rings. The minimum atomic E-state index is -0.320. The van der Waals surface area contributed by atoms with Crippen LogP contribution < -0.4 is 5.73 Å². The maximum Gasteiger partial charge on any atom is 0.253 e. The van der Waals surface area contributed by atoms with E-state index in [2.05, 4.69) is 0 Å². The van der Waals surface area contributed by atoms with Gasteiger partial charge in [0.05, 0.1) is 10.7 Å². The molecule has 2 aromatic rings. The van der Waals surface area contributed by atoms with Crippen LogP contribution in [0.4, 0.5) is 10.1 Å². The number of rotatable bonds is 3. The van der Waals surface area contributed by atoms with Crippen LogP contribution in [0.2, 0.25) is 5.02 Å². The molecule has 2 aromatic carbocycles. The van der Waals surface area contributed by atoms with Gasteiger partial charge in [0.25, 0.3) is 5.91 Å². The third kappa shape index (κ3) is 3.27. The maximum absolute atomic E-state index is 13.1. The summed E-state index contributed by atoms with van der Waals surface area (Å²) in [5.74, 6) is -0.518. The summed E-state index contributed by atoms with van der Waals surface area (Å²) in [6.45, 7) is 0.318. The maximum atomic E-state index is 13.1. The van der Waals surface area contributed by atoms with E-state index >= 15 is 0 Å². The number of carbonyl (C=O) groups excluding carboxylic acids is 1. The second kappa shape index (κ2) is 5.92. The number of anilines is 1. The highest BCUT2D eigenvalue weighted by atomic mass is 35.5. The van der Waals surface area contributed by atoms with E-state index in [1.54, 1.807) is 31.3 Å². The van der Waals surface area contributed by atoms with Gasteiger partial charge in [-0.3, -0.25) is 4.79 Å². The van der Waals surface area contributed by atoms with Gasteiger partial charge >= 0.3 is 0 Å². The largest absolute Gasteiger partial charge is 0.398 e. The molecule has 0 spiro atoms. The molecule has 0 heterocycles. The van der Waals surface area contributed by atoms with Gasteiger partial charge in [-0.1, -0.05) is 23.7 Å². The van der Waals surface area contributed by atoms with Crippen LogP contribution >= 0.6 is 11.6 Å². The van der Waals surface area contributed by atoms with Crippen LogP contribution in [0.15, 0.2) is 42.5 Å². The van der Waals surface area contributed by atoms with E-state index in [-0.39, 0.29) is 11.7 Å². The summed E-state index contributed by atoms with van der Waals surface area (Å²) in [4.78, 5) is 13.7. The number of benzene rings is 2. The quantitative estimate of drug-likeness (QED) is 0.882. The zero-order valence-corrected chi connectivity index (χ0v) is 11.7. The van der Waals surface area contributed by atoms with Gasteiger partial charge in [-0.05, 0) is 35.9 Å². The highest BCUT2D eigenvalue weighted by Crippen LogP contribution is 2.20. The van der Waals surface area contributed by atoms with Crippen LogP contribution in [0.25, 0.3) is 0 Å². The summed E-state index contributed by atoms with van der Waals surface area (Å²) in [6, 6.07) is 10.9. The number of carbonyl (C=O) groups is 1. The minimum absolute atomic E-state index is 0.198. The van der Waals surface area contributed by atoms with Gasteiger partial charge in [-0.2, -0.15) is 0 Å². The van der Waals surface area contributed by atoms with Crippen molar-refractivity contribution in [2.24, 2.45) is 0 Å². The fraction of sp³-hybridized carbons (Fsp3) is 0.133. The lowest BCUT2D eigenvalue weighted by Gasteiger charge is -2.17. The molecule has 0 saturated heterocycles. The molecule has 0 atom stereocenters. The third-order valence-corrected chi connectivity index (χ3v) is 3.23. The number of nitrogens with two attached hydrogens (primary N) is 1. The Labute approximate surface area is 121 Å². The molecule has 0 aliphatic carbocycles. The molecule has 2 N–H and O–H groups in total. The summed E-state index contributed by atoms with van der Waals surface area (Å²) in [5, 5.41) is 0.343. The van der Waals surface area contributed by atoms with Crippen LogP contribution in [-0.4, -0.2) is 17.9 Å². The fourth-order valence-corrected chi connectivity index (χ4v) is 2.04. The molecule has 0 unspecified atom stereocenters. The van der Waals surface area contributed by atoms with Gasteiger partial charge in [-0.25, -0.2) is 4.39 Å². The van der Waals surface area contributed by atoms with Crippen LogP contribution in [0.1, 0.15) is 15.9 Å². The van der Waals surface area contributed by atoms with E-state index < -0.39 is 0 Å². The molecule has 0 radical (unpaired) electrons. The van der Waals surface area contributed by atoms with Crippen molar-refractivity contribution >= 4 is 23.2 Å². The van der Waals surface area contributed by atoms with Crippen LogP contribution in [0.3, 0.4) is 0 Å². The molecule has 0 bridgehead atoms. The molecule has 0 aliphatic rings. The molecule has 5 heteroatoms. The van der Waals surface area contributed by atoms with Crippen molar-refractivity contribution in [3.8, 4) is 0 Å². The summed E-state index contributed by atoms with van der Waals surface area (Å²) in [6.07, 6.45) is 0. The zero-order valence-electron chi connectivity index (χ0n) is 10.9. The van der Waals surface area contributed by atoms with Crippen molar-refractivity contribution in [3.05, 3.63) is 64.4 Å². The Morgan fingerprint density at radius 2 is 2.05 bits per heavy atom. The van der Waals surface area contributed by atoms with Crippen molar-refractivity contribution in [2.45, 2.75) is 6.54 Å². The molecular formula is C15H14ClFN2O. The van der Waals surface area contributed by atoms with Gasteiger partial charge in [0.2, 0.25) is 0 Å². The van der Waals surface area contributed by atoms with E-state index in [1.165, 1.54) is 23.1 Å². The standard InChI is InChI=1S/C15H14ClFN2O/c1-19(9-10-3-2-4-12(17)7-10)15(20)11-5-6-14(18)13(16)8-11/h2-8H,9,18H2,1H3. The Kier molecular flexibility index (Phi) is 4.25. The predicted octanol–water partition coefficient (Wildman–Crippen LogP) is 3.33. The first-order valence-electron chi connectivity index (χ1n) is 6.02. The highest BCUT2D eigenvalue weighted by Gasteiger charge is 2.13. The van der Waals surface area contributed by atoms with Crippen molar-refractivity contribution in [1.82, 2.24) is 4.90 Å². The predicted molar refractivity (Wildman–Crippen MR) is 78.1 cm³/mol. The van der Waals surface area contributed by atoms with Crippen molar-refractivity contribution in [2.75, 3.05) is 12.8 Å². The second-order valence-electron chi connectivity index (χ2n) is 4.53. The Hall–Kier alpha value is -2.07. The first kappa shape index (κ1) is 14.3. The number of halogens is 2. The number of amides is 1. The molecule has 104 valence electrons. The molecule has 1 amide bonds.